The van der Waals surface area contributed by atoms with Crippen LogP contribution in [0.4, 0.5) is 26.2 Å². The summed E-state index contributed by atoms with van der Waals surface area (Å²) >= 11 is 5.89. The summed E-state index contributed by atoms with van der Waals surface area (Å²) in [6.45, 7) is 6.45. The van der Waals surface area contributed by atoms with E-state index in [2.05, 4.69) is 10.6 Å². The van der Waals surface area contributed by atoms with Crippen LogP contribution < -0.4 is 15.5 Å². The van der Waals surface area contributed by atoms with E-state index in [9.17, 15) is 18.8 Å². The van der Waals surface area contributed by atoms with E-state index in [0.717, 1.165) is 12.8 Å². The fourth-order valence-electron chi connectivity index (χ4n) is 3.72. The van der Waals surface area contributed by atoms with Gasteiger partial charge in [-0.1, -0.05) is 32.4 Å². The Morgan fingerprint density at radius 2 is 1.79 bits per heavy atom. The number of anilines is 3. The molecule has 0 atom stereocenters. The first kappa shape index (κ1) is 25.5. The predicted molar refractivity (Wildman–Crippen MR) is 133 cm³/mol. The number of urea groups is 1. The summed E-state index contributed by atoms with van der Waals surface area (Å²) in [7, 11) is 0. The molecular weight excluding hydrogens is 459 g/mol. The van der Waals surface area contributed by atoms with Gasteiger partial charge in [-0.3, -0.25) is 9.59 Å². The zero-order chi connectivity index (χ0) is 24.9. The van der Waals surface area contributed by atoms with E-state index in [0.29, 0.717) is 35.9 Å². The second-order valence-electron chi connectivity index (χ2n) is 9.57. The SMILES string of the molecule is CC(C)(C)CN(CC(=O)Nc1ccc(N2CCCCC2=O)cc1F)C(=O)Nc1ccc(Cl)cc1. The van der Waals surface area contributed by atoms with Crippen LogP contribution in [0.5, 0.6) is 0 Å². The van der Waals surface area contributed by atoms with Gasteiger partial charge >= 0.3 is 6.03 Å². The summed E-state index contributed by atoms with van der Waals surface area (Å²) in [4.78, 5) is 40.6. The van der Waals surface area contributed by atoms with Crippen LogP contribution in [0.15, 0.2) is 42.5 Å². The number of nitrogens with zero attached hydrogens (tertiary/aromatic N) is 2. The highest BCUT2D eigenvalue weighted by Crippen LogP contribution is 2.26. The molecule has 3 rings (SSSR count). The summed E-state index contributed by atoms with van der Waals surface area (Å²) in [5.74, 6) is -1.21. The highest BCUT2D eigenvalue weighted by atomic mass is 35.5. The summed E-state index contributed by atoms with van der Waals surface area (Å²) in [6, 6.07) is 10.5. The normalized spacial score (nSPS) is 14.0. The number of rotatable bonds is 6. The molecule has 0 radical (unpaired) electrons. The maximum Gasteiger partial charge on any atom is 0.322 e. The van der Waals surface area contributed by atoms with Crippen LogP contribution in [0.25, 0.3) is 0 Å². The molecule has 1 heterocycles. The molecule has 0 saturated carbocycles. The topological polar surface area (TPSA) is 81.8 Å². The number of nitrogens with one attached hydrogen (secondary N) is 2. The second kappa shape index (κ2) is 10.9. The molecule has 4 amide bonds. The van der Waals surface area contributed by atoms with E-state index >= 15 is 0 Å². The maximum absolute atomic E-state index is 14.7. The molecule has 2 aromatic rings. The number of hydrogen-bond donors (Lipinski definition) is 2. The van der Waals surface area contributed by atoms with Crippen molar-refractivity contribution in [3.8, 4) is 0 Å². The van der Waals surface area contributed by atoms with Gasteiger partial charge in [0.15, 0.2) is 0 Å². The zero-order valence-electron chi connectivity index (χ0n) is 19.7. The minimum absolute atomic E-state index is 0.00738. The molecule has 9 heteroatoms. The zero-order valence-corrected chi connectivity index (χ0v) is 20.4. The van der Waals surface area contributed by atoms with Gasteiger partial charge in [-0.05, 0) is 60.7 Å². The number of carbonyl (C=O) groups is 3. The molecule has 182 valence electrons. The molecule has 2 aromatic carbocycles. The minimum Gasteiger partial charge on any atom is -0.322 e. The highest BCUT2D eigenvalue weighted by molar-refractivity contribution is 6.30. The third kappa shape index (κ3) is 7.18. The maximum atomic E-state index is 14.7. The Kier molecular flexibility index (Phi) is 8.15. The fraction of sp³-hybridized carbons (Fsp3) is 0.400. The van der Waals surface area contributed by atoms with Crippen LogP contribution in [-0.2, 0) is 9.59 Å². The van der Waals surface area contributed by atoms with Crippen molar-refractivity contribution in [2.75, 3.05) is 35.2 Å². The third-order valence-corrected chi connectivity index (χ3v) is 5.50. The average Bonchev–Trinajstić information content (AvgIpc) is 2.76. The van der Waals surface area contributed by atoms with Crippen molar-refractivity contribution >= 4 is 46.5 Å². The summed E-state index contributed by atoms with van der Waals surface area (Å²) in [6.07, 6.45) is 2.15. The molecule has 0 aliphatic carbocycles. The Morgan fingerprint density at radius 3 is 2.41 bits per heavy atom. The van der Waals surface area contributed by atoms with Crippen molar-refractivity contribution in [1.29, 1.82) is 0 Å². The van der Waals surface area contributed by atoms with Gasteiger partial charge in [0.1, 0.15) is 12.4 Å². The van der Waals surface area contributed by atoms with E-state index in [1.165, 1.54) is 17.0 Å². The largest absolute Gasteiger partial charge is 0.322 e. The van der Waals surface area contributed by atoms with Gasteiger partial charge in [0.2, 0.25) is 11.8 Å². The lowest BCUT2D eigenvalue weighted by Gasteiger charge is -2.30. The van der Waals surface area contributed by atoms with Crippen molar-refractivity contribution in [3.63, 3.8) is 0 Å². The first-order valence-corrected chi connectivity index (χ1v) is 11.6. The smallest absolute Gasteiger partial charge is 0.322 e. The Hall–Kier alpha value is -3.13. The van der Waals surface area contributed by atoms with Crippen LogP contribution in [0, 0.1) is 11.2 Å². The molecule has 1 aliphatic heterocycles. The molecule has 0 spiro atoms. The highest BCUT2D eigenvalue weighted by Gasteiger charge is 2.25. The number of hydrogen-bond acceptors (Lipinski definition) is 3. The molecule has 0 bridgehead atoms. The number of piperidine rings is 1. The predicted octanol–water partition coefficient (Wildman–Crippen LogP) is 5.51. The van der Waals surface area contributed by atoms with Crippen molar-refractivity contribution in [1.82, 2.24) is 4.90 Å². The quantitative estimate of drug-likeness (QED) is 0.562. The summed E-state index contributed by atoms with van der Waals surface area (Å²) < 4.78 is 14.7. The van der Waals surface area contributed by atoms with Crippen molar-refractivity contribution < 1.29 is 18.8 Å². The van der Waals surface area contributed by atoms with Crippen LogP contribution in [-0.4, -0.2) is 42.4 Å². The minimum atomic E-state index is -0.641. The Balaban J connectivity index is 1.68. The molecule has 0 aromatic heterocycles. The van der Waals surface area contributed by atoms with E-state index in [-0.39, 0.29) is 23.6 Å². The van der Waals surface area contributed by atoms with Gasteiger partial charge in [0.25, 0.3) is 0 Å². The number of amides is 4. The summed E-state index contributed by atoms with van der Waals surface area (Å²) in [5.41, 5.74) is 0.734. The molecule has 7 nitrogen and oxygen atoms in total. The van der Waals surface area contributed by atoms with E-state index < -0.39 is 17.8 Å². The lowest BCUT2D eigenvalue weighted by Crippen LogP contribution is -2.44. The van der Waals surface area contributed by atoms with Crippen LogP contribution >= 0.6 is 11.6 Å². The van der Waals surface area contributed by atoms with Crippen LogP contribution in [0.2, 0.25) is 5.02 Å². The number of halogens is 2. The average molecular weight is 489 g/mol. The Labute approximate surface area is 204 Å². The lowest BCUT2D eigenvalue weighted by atomic mass is 9.96. The van der Waals surface area contributed by atoms with E-state index in [1.807, 2.05) is 20.8 Å². The Bertz CT molecular complexity index is 1050. The molecule has 2 N–H and O–H groups in total. The third-order valence-electron chi connectivity index (χ3n) is 5.24. The van der Waals surface area contributed by atoms with Crippen molar-refractivity contribution in [2.24, 2.45) is 5.41 Å². The van der Waals surface area contributed by atoms with E-state index in [4.69, 9.17) is 11.6 Å². The van der Waals surface area contributed by atoms with Gasteiger partial charge in [-0.2, -0.15) is 0 Å². The van der Waals surface area contributed by atoms with Crippen LogP contribution in [0.1, 0.15) is 40.0 Å². The first-order valence-electron chi connectivity index (χ1n) is 11.2. The molecule has 1 fully saturated rings. The van der Waals surface area contributed by atoms with Gasteiger partial charge in [0, 0.05) is 35.9 Å². The fourth-order valence-corrected chi connectivity index (χ4v) is 3.85. The van der Waals surface area contributed by atoms with E-state index in [1.54, 1.807) is 35.2 Å². The summed E-state index contributed by atoms with van der Waals surface area (Å²) in [5, 5.41) is 5.84. The van der Waals surface area contributed by atoms with Gasteiger partial charge in [0.05, 0.1) is 5.69 Å². The first-order chi connectivity index (χ1) is 16.0. The monoisotopic (exact) mass is 488 g/mol. The molecule has 1 saturated heterocycles. The van der Waals surface area contributed by atoms with Gasteiger partial charge in [-0.25, -0.2) is 9.18 Å². The van der Waals surface area contributed by atoms with Gasteiger partial charge in [-0.15, -0.1) is 0 Å². The van der Waals surface area contributed by atoms with Crippen molar-refractivity contribution in [2.45, 2.75) is 40.0 Å². The molecule has 34 heavy (non-hydrogen) atoms. The second-order valence-corrected chi connectivity index (χ2v) is 10.0. The van der Waals surface area contributed by atoms with Gasteiger partial charge < -0.3 is 20.4 Å². The number of benzene rings is 2. The molecular formula is C25H30ClFN4O3. The van der Waals surface area contributed by atoms with Crippen LogP contribution in [0.3, 0.4) is 0 Å². The molecule has 0 unspecified atom stereocenters. The lowest BCUT2D eigenvalue weighted by molar-refractivity contribution is -0.119. The molecule has 1 aliphatic rings. The standard InChI is InChI=1S/C25H30ClFN4O3/c1-25(2,3)16-30(24(34)28-18-9-7-17(26)8-10-18)15-22(32)29-21-12-11-19(14-20(21)27)31-13-5-4-6-23(31)33/h7-12,14H,4-6,13,15-16H2,1-3H3,(H,28,34)(H,29,32). The van der Waals surface area contributed by atoms with Crippen molar-refractivity contribution in [3.05, 3.63) is 53.3 Å². The Morgan fingerprint density at radius 1 is 1.09 bits per heavy atom. The number of carbonyl (C=O) groups excluding carboxylic acids is 3.